The maximum Gasteiger partial charge on any atom is 0.416 e. The molecule has 9 nitrogen and oxygen atoms in total. The van der Waals surface area contributed by atoms with Crippen LogP contribution in [0.2, 0.25) is 0 Å². The number of morpholine rings is 1. The van der Waals surface area contributed by atoms with Gasteiger partial charge in [0.1, 0.15) is 5.69 Å². The highest BCUT2D eigenvalue weighted by atomic mass is 19.4. The van der Waals surface area contributed by atoms with E-state index < -0.39 is 11.7 Å². The minimum atomic E-state index is -4.40. The van der Waals surface area contributed by atoms with Crippen LogP contribution in [-0.2, 0) is 15.7 Å². The third-order valence-electron chi connectivity index (χ3n) is 6.63. The normalized spacial score (nSPS) is 17.1. The van der Waals surface area contributed by atoms with Crippen LogP contribution >= 0.6 is 0 Å². The average Bonchev–Trinajstić information content (AvgIpc) is 2.93. The van der Waals surface area contributed by atoms with Gasteiger partial charge >= 0.3 is 6.18 Å². The van der Waals surface area contributed by atoms with Gasteiger partial charge in [0, 0.05) is 83.4 Å². The molecule has 12 heteroatoms. The van der Waals surface area contributed by atoms with E-state index in [2.05, 4.69) is 14.9 Å². The fourth-order valence-electron chi connectivity index (χ4n) is 4.46. The Labute approximate surface area is 213 Å². The summed E-state index contributed by atoms with van der Waals surface area (Å²) in [6.07, 6.45) is 0.127. The Hall–Kier alpha value is -3.25. The molecule has 2 saturated heterocycles. The number of ether oxygens (including phenoxy) is 1. The minimum Gasteiger partial charge on any atom is -0.379 e. The molecule has 0 unspecified atom stereocenters. The Morgan fingerprint density at radius 1 is 1.00 bits per heavy atom. The fraction of sp³-hybridized carbons (Fsp3) is 0.520. The standard InChI is InChI=1S/C25H31F3N6O3/c26-25(27,28)20-2-1-3-21(18-20)32-10-12-33(13-11-32)23(35)4-7-34(9-8-31-14-16-37-17-15-31)24(36)22-19-29-5-6-30-22/h1-3,5-6,18-19H,4,7-17H2. The Balaban J connectivity index is 1.31. The van der Waals surface area contributed by atoms with Gasteiger partial charge in [-0.2, -0.15) is 13.2 Å². The van der Waals surface area contributed by atoms with Gasteiger partial charge in [0.2, 0.25) is 5.91 Å². The topological polar surface area (TPSA) is 82.1 Å². The van der Waals surface area contributed by atoms with Crippen LogP contribution in [-0.4, -0.2) is 109 Å². The van der Waals surface area contributed by atoms with Crippen LogP contribution in [0, 0.1) is 0 Å². The summed E-state index contributed by atoms with van der Waals surface area (Å²) in [6.45, 7) is 5.94. The maximum absolute atomic E-state index is 13.1. The molecule has 2 aromatic rings. The van der Waals surface area contributed by atoms with Gasteiger partial charge in [-0.25, -0.2) is 4.98 Å². The van der Waals surface area contributed by atoms with Gasteiger partial charge in [-0.05, 0) is 18.2 Å². The third-order valence-corrected chi connectivity index (χ3v) is 6.63. The number of alkyl halides is 3. The number of hydrogen-bond acceptors (Lipinski definition) is 7. The van der Waals surface area contributed by atoms with E-state index in [1.165, 1.54) is 24.7 Å². The summed E-state index contributed by atoms with van der Waals surface area (Å²) in [5, 5.41) is 0. The zero-order chi connectivity index (χ0) is 26.3. The van der Waals surface area contributed by atoms with Crippen molar-refractivity contribution in [2.45, 2.75) is 12.6 Å². The van der Waals surface area contributed by atoms with Gasteiger partial charge in [0.15, 0.2) is 0 Å². The number of hydrogen-bond donors (Lipinski definition) is 0. The zero-order valence-corrected chi connectivity index (χ0v) is 20.6. The van der Waals surface area contributed by atoms with Crippen molar-refractivity contribution in [2.24, 2.45) is 0 Å². The summed E-state index contributed by atoms with van der Waals surface area (Å²) in [5.41, 5.74) is 0.0332. The number of carbonyl (C=O) groups is 2. The van der Waals surface area contributed by atoms with Crippen molar-refractivity contribution >= 4 is 17.5 Å². The second-order valence-electron chi connectivity index (χ2n) is 9.00. The van der Waals surface area contributed by atoms with E-state index in [0.717, 1.165) is 25.2 Å². The van der Waals surface area contributed by atoms with E-state index in [9.17, 15) is 22.8 Å². The van der Waals surface area contributed by atoms with Crippen molar-refractivity contribution in [2.75, 3.05) is 77.0 Å². The predicted molar refractivity (Wildman–Crippen MR) is 130 cm³/mol. The van der Waals surface area contributed by atoms with Gasteiger partial charge in [-0.15, -0.1) is 0 Å². The molecule has 1 aromatic carbocycles. The molecular formula is C25H31F3N6O3. The van der Waals surface area contributed by atoms with Crippen LogP contribution in [0.5, 0.6) is 0 Å². The van der Waals surface area contributed by atoms with E-state index in [0.29, 0.717) is 58.2 Å². The summed E-state index contributed by atoms with van der Waals surface area (Å²) in [7, 11) is 0. The summed E-state index contributed by atoms with van der Waals surface area (Å²) in [4.78, 5) is 41.5. The van der Waals surface area contributed by atoms with Crippen LogP contribution < -0.4 is 4.90 Å². The first kappa shape index (κ1) is 26.8. The van der Waals surface area contributed by atoms with Crippen LogP contribution in [0.1, 0.15) is 22.5 Å². The van der Waals surface area contributed by atoms with Gasteiger partial charge in [-0.1, -0.05) is 6.07 Å². The van der Waals surface area contributed by atoms with E-state index in [1.807, 2.05) is 4.90 Å². The largest absolute Gasteiger partial charge is 0.416 e. The van der Waals surface area contributed by atoms with Crippen molar-refractivity contribution < 1.29 is 27.5 Å². The molecule has 2 fully saturated rings. The Morgan fingerprint density at radius 3 is 2.43 bits per heavy atom. The van der Waals surface area contributed by atoms with Gasteiger partial charge in [0.25, 0.3) is 5.91 Å². The first-order valence-electron chi connectivity index (χ1n) is 12.4. The number of halogens is 3. The number of carbonyl (C=O) groups excluding carboxylic acids is 2. The molecule has 0 saturated carbocycles. The van der Waals surface area contributed by atoms with Gasteiger partial charge < -0.3 is 19.4 Å². The highest BCUT2D eigenvalue weighted by Crippen LogP contribution is 2.31. The minimum absolute atomic E-state index is 0.0907. The number of rotatable bonds is 8. The molecule has 2 aliphatic heterocycles. The summed E-state index contributed by atoms with van der Waals surface area (Å²) >= 11 is 0. The maximum atomic E-state index is 13.1. The molecule has 0 bridgehead atoms. The average molecular weight is 521 g/mol. The lowest BCUT2D eigenvalue weighted by molar-refractivity contribution is -0.137. The first-order valence-corrected chi connectivity index (χ1v) is 12.4. The molecule has 200 valence electrons. The van der Waals surface area contributed by atoms with Gasteiger partial charge in [-0.3, -0.25) is 19.5 Å². The molecule has 1 aromatic heterocycles. The molecule has 0 radical (unpaired) electrons. The summed E-state index contributed by atoms with van der Waals surface area (Å²) < 4.78 is 44.6. The van der Waals surface area contributed by atoms with Crippen molar-refractivity contribution in [3.8, 4) is 0 Å². The Kier molecular flexibility index (Phi) is 8.93. The van der Waals surface area contributed by atoms with E-state index in [1.54, 1.807) is 15.9 Å². The van der Waals surface area contributed by atoms with Crippen LogP contribution in [0.4, 0.5) is 18.9 Å². The molecule has 4 rings (SSSR count). The summed E-state index contributed by atoms with van der Waals surface area (Å²) in [5.74, 6) is -0.365. The van der Waals surface area contributed by atoms with Crippen molar-refractivity contribution in [1.82, 2.24) is 24.7 Å². The molecule has 0 aliphatic carbocycles. The highest BCUT2D eigenvalue weighted by Gasteiger charge is 2.31. The molecule has 3 heterocycles. The SMILES string of the molecule is O=C(CCN(CCN1CCOCC1)C(=O)c1cnccn1)N1CCN(c2cccc(C(F)(F)F)c2)CC1. The Bertz CT molecular complexity index is 1040. The number of aromatic nitrogens is 2. The van der Waals surface area contributed by atoms with Crippen LogP contribution in [0.15, 0.2) is 42.9 Å². The van der Waals surface area contributed by atoms with Crippen LogP contribution in [0.25, 0.3) is 0 Å². The molecule has 2 aliphatic rings. The molecule has 37 heavy (non-hydrogen) atoms. The second kappa shape index (κ2) is 12.3. The van der Waals surface area contributed by atoms with Crippen molar-refractivity contribution in [3.63, 3.8) is 0 Å². The summed E-state index contributed by atoms with van der Waals surface area (Å²) in [6, 6.07) is 5.24. The zero-order valence-electron chi connectivity index (χ0n) is 20.6. The fourth-order valence-corrected chi connectivity index (χ4v) is 4.46. The number of nitrogens with zero attached hydrogens (tertiary/aromatic N) is 6. The third kappa shape index (κ3) is 7.39. The lowest BCUT2D eigenvalue weighted by Gasteiger charge is -2.36. The van der Waals surface area contributed by atoms with Crippen molar-refractivity contribution in [3.05, 3.63) is 54.1 Å². The molecular weight excluding hydrogens is 489 g/mol. The lowest BCUT2D eigenvalue weighted by Crippen LogP contribution is -2.49. The second-order valence-corrected chi connectivity index (χ2v) is 9.00. The van der Waals surface area contributed by atoms with E-state index in [4.69, 9.17) is 4.74 Å². The lowest BCUT2D eigenvalue weighted by atomic mass is 10.1. The van der Waals surface area contributed by atoms with E-state index >= 15 is 0 Å². The Morgan fingerprint density at radius 2 is 1.76 bits per heavy atom. The molecule has 0 spiro atoms. The monoisotopic (exact) mass is 520 g/mol. The van der Waals surface area contributed by atoms with Crippen LogP contribution in [0.3, 0.4) is 0 Å². The number of piperazine rings is 1. The number of amides is 2. The van der Waals surface area contributed by atoms with E-state index in [-0.39, 0.29) is 30.5 Å². The smallest absolute Gasteiger partial charge is 0.379 e. The molecule has 0 atom stereocenters. The number of anilines is 1. The number of benzene rings is 1. The van der Waals surface area contributed by atoms with Gasteiger partial charge in [0.05, 0.1) is 25.0 Å². The quantitative estimate of drug-likeness (QED) is 0.527. The van der Waals surface area contributed by atoms with Crippen molar-refractivity contribution in [1.29, 1.82) is 0 Å². The predicted octanol–water partition coefficient (Wildman–Crippen LogP) is 2.01. The first-order chi connectivity index (χ1) is 17.8. The highest BCUT2D eigenvalue weighted by molar-refractivity contribution is 5.92. The molecule has 2 amide bonds. The molecule has 0 N–H and O–H groups in total.